The monoisotopic (exact) mass is 371 g/mol. The number of dihydropyridines is 1. The third-order valence-electron chi connectivity index (χ3n) is 4.19. The van der Waals surface area contributed by atoms with Crippen molar-refractivity contribution in [3.8, 4) is 6.07 Å². The highest BCUT2D eigenvalue weighted by molar-refractivity contribution is 8.03. The first kappa shape index (κ1) is 19.7. The van der Waals surface area contributed by atoms with Crippen LogP contribution in [0.3, 0.4) is 0 Å². The molecule has 0 radical (unpaired) electrons. The number of nitriles is 1. The van der Waals surface area contributed by atoms with E-state index in [0.717, 1.165) is 23.6 Å². The highest BCUT2D eigenvalue weighted by Crippen LogP contribution is 2.41. The number of allylic oxidation sites excluding steroid dienone is 3. The first-order valence-electron chi connectivity index (χ1n) is 8.40. The molecule has 7 heteroatoms. The zero-order valence-corrected chi connectivity index (χ0v) is 15.9. The Bertz CT molecular complexity index is 837. The molecule has 26 heavy (non-hydrogen) atoms. The van der Waals surface area contributed by atoms with E-state index in [1.54, 1.807) is 30.8 Å². The van der Waals surface area contributed by atoms with Crippen LogP contribution in [0.15, 0.2) is 46.1 Å². The number of rotatable bonds is 7. The molecule has 1 heterocycles. The average molecular weight is 371 g/mol. The summed E-state index contributed by atoms with van der Waals surface area (Å²) in [7, 11) is 0. The molecule has 1 aromatic rings. The zero-order valence-electron chi connectivity index (χ0n) is 15.0. The lowest BCUT2D eigenvalue weighted by Gasteiger charge is -2.29. The summed E-state index contributed by atoms with van der Waals surface area (Å²) in [6.45, 7) is 5.35. The highest BCUT2D eigenvalue weighted by atomic mass is 32.2. The fourth-order valence-corrected chi connectivity index (χ4v) is 4.14. The van der Waals surface area contributed by atoms with E-state index in [1.807, 2.05) is 0 Å². The molecule has 0 aliphatic carbocycles. The van der Waals surface area contributed by atoms with Crippen molar-refractivity contribution in [3.63, 3.8) is 0 Å². The van der Waals surface area contributed by atoms with Crippen LogP contribution in [0.4, 0.5) is 5.69 Å². The van der Waals surface area contributed by atoms with Crippen molar-refractivity contribution in [3.05, 3.63) is 61.8 Å². The summed E-state index contributed by atoms with van der Waals surface area (Å²) in [6, 6.07) is 8.38. The molecule has 136 valence electrons. The normalized spacial score (nSPS) is 16.9. The number of hydrogen-bond donors (Lipinski definition) is 1. The molecule has 1 atom stereocenters. The number of nitro groups is 1. The van der Waals surface area contributed by atoms with Crippen LogP contribution in [-0.2, 0) is 4.79 Å². The molecule has 1 aromatic carbocycles. The molecule has 0 saturated carbocycles. The summed E-state index contributed by atoms with van der Waals surface area (Å²) in [5.74, 6) is 0.105. The molecule has 1 N–H and O–H groups in total. The van der Waals surface area contributed by atoms with Crippen LogP contribution in [0.2, 0.25) is 0 Å². The van der Waals surface area contributed by atoms with Gasteiger partial charge in [0.05, 0.1) is 27.5 Å². The molecule has 0 spiro atoms. The van der Waals surface area contributed by atoms with Crippen LogP contribution in [0.5, 0.6) is 0 Å². The van der Waals surface area contributed by atoms with Crippen molar-refractivity contribution in [2.75, 3.05) is 5.75 Å². The lowest BCUT2D eigenvalue weighted by molar-refractivity contribution is -0.384. The van der Waals surface area contributed by atoms with E-state index >= 15 is 0 Å². The van der Waals surface area contributed by atoms with Crippen molar-refractivity contribution in [1.29, 1.82) is 5.26 Å². The summed E-state index contributed by atoms with van der Waals surface area (Å²) in [5, 5.41) is 24.8. The Balaban J connectivity index is 2.59. The number of ketones is 1. The first-order chi connectivity index (χ1) is 12.4. The number of nitro benzene ring substituents is 1. The van der Waals surface area contributed by atoms with Gasteiger partial charge in [0.2, 0.25) is 0 Å². The van der Waals surface area contributed by atoms with E-state index in [9.17, 15) is 20.2 Å². The molecule has 0 aromatic heterocycles. The largest absolute Gasteiger partial charge is 0.353 e. The highest BCUT2D eigenvalue weighted by Gasteiger charge is 2.33. The van der Waals surface area contributed by atoms with Crippen LogP contribution < -0.4 is 5.32 Å². The Kier molecular flexibility index (Phi) is 6.58. The van der Waals surface area contributed by atoms with Gasteiger partial charge in [-0.1, -0.05) is 25.5 Å². The standard InChI is InChI=1S/C19H21N3O3S/c1-4-5-9-26-19-16(11-20)18(17(13(3)23)12(2)21-19)14-7-6-8-15(10-14)22(24)25/h6-8,10,18,21H,4-5,9H2,1-3H3/t18-/m0/s1. The molecule has 0 unspecified atom stereocenters. The second-order valence-electron chi connectivity index (χ2n) is 6.06. The minimum absolute atomic E-state index is 0.0564. The van der Waals surface area contributed by atoms with Gasteiger partial charge in [0.15, 0.2) is 5.78 Å². The maximum Gasteiger partial charge on any atom is 0.269 e. The Morgan fingerprint density at radius 1 is 1.46 bits per heavy atom. The first-order valence-corrected chi connectivity index (χ1v) is 9.39. The van der Waals surface area contributed by atoms with Gasteiger partial charge in [0.25, 0.3) is 5.69 Å². The molecule has 0 fully saturated rings. The van der Waals surface area contributed by atoms with E-state index in [-0.39, 0.29) is 11.5 Å². The number of nitrogens with one attached hydrogen (secondary N) is 1. The lowest BCUT2D eigenvalue weighted by atomic mass is 9.81. The van der Waals surface area contributed by atoms with Crippen LogP contribution in [0.25, 0.3) is 0 Å². The van der Waals surface area contributed by atoms with E-state index in [2.05, 4.69) is 18.3 Å². The molecular weight excluding hydrogens is 350 g/mol. The third-order valence-corrected chi connectivity index (χ3v) is 5.29. The topological polar surface area (TPSA) is 96.0 Å². The second-order valence-corrected chi connectivity index (χ2v) is 7.17. The van der Waals surface area contributed by atoms with Gasteiger partial charge in [0, 0.05) is 23.4 Å². The van der Waals surface area contributed by atoms with Gasteiger partial charge in [0.1, 0.15) is 0 Å². The predicted octanol–water partition coefficient (Wildman–Crippen LogP) is 4.41. The summed E-state index contributed by atoms with van der Waals surface area (Å²) < 4.78 is 0. The molecule has 1 aliphatic heterocycles. The third kappa shape index (κ3) is 4.14. The van der Waals surface area contributed by atoms with Gasteiger partial charge in [-0.25, -0.2) is 0 Å². The van der Waals surface area contributed by atoms with Crippen molar-refractivity contribution >= 4 is 23.2 Å². The van der Waals surface area contributed by atoms with Crippen molar-refractivity contribution in [1.82, 2.24) is 5.32 Å². The quantitative estimate of drug-likeness (QED) is 0.433. The number of carbonyl (C=O) groups is 1. The Labute approximate surface area is 157 Å². The Morgan fingerprint density at radius 2 is 2.19 bits per heavy atom. The summed E-state index contributed by atoms with van der Waals surface area (Å²) in [4.78, 5) is 22.9. The van der Waals surface area contributed by atoms with Gasteiger partial charge < -0.3 is 5.32 Å². The number of thioether (sulfide) groups is 1. The Hall–Kier alpha value is -2.59. The molecule has 2 rings (SSSR count). The number of Topliss-reactive ketones (excluding diaryl/α,β-unsaturated/α-hetero) is 1. The van der Waals surface area contributed by atoms with E-state index in [4.69, 9.17) is 0 Å². The molecule has 0 bridgehead atoms. The lowest BCUT2D eigenvalue weighted by Crippen LogP contribution is -2.27. The summed E-state index contributed by atoms with van der Waals surface area (Å²) in [6.07, 6.45) is 2.06. The fourth-order valence-electron chi connectivity index (χ4n) is 2.96. The Morgan fingerprint density at radius 3 is 2.77 bits per heavy atom. The van der Waals surface area contributed by atoms with E-state index in [1.165, 1.54) is 19.1 Å². The SMILES string of the molecule is CCCCSC1=C(C#N)[C@H](c2cccc([N+](=O)[O-])c2)C(C(C)=O)=C(C)N1. The number of unbranched alkanes of at least 4 members (excludes halogenated alkanes) is 1. The average Bonchev–Trinajstić information content (AvgIpc) is 2.61. The number of nitrogens with zero attached hydrogens (tertiary/aromatic N) is 2. The van der Waals surface area contributed by atoms with Gasteiger partial charge in [-0.05, 0) is 31.6 Å². The smallest absolute Gasteiger partial charge is 0.269 e. The van der Waals surface area contributed by atoms with Crippen LogP contribution in [-0.4, -0.2) is 16.5 Å². The molecule has 0 saturated heterocycles. The molecule has 1 aliphatic rings. The zero-order chi connectivity index (χ0) is 19.3. The second kappa shape index (κ2) is 8.68. The van der Waals surface area contributed by atoms with Crippen LogP contribution >= 0.6 is 11.8 Å². The summed E-state index contributed by atoms with van der Waals surface area (Å²) >= 11 is 1.55. The van der Waals surface area contributed by atoms with E-state index in [0.29, 0.717) is 22.4 Å². The predicted molar refractivity (Wildman–Crippen MR) is 102 cm³/mol. The van der Waals surface area contributed by atoms with Crippen molar-refractivity contribution in [2.24, 2.45) is 0 Å². The number of hydrogen-bond acceptors (Lipinski definition) is 6. The van der Waals surface area contributed by atoms with Gasteiger partial charge in [-0.3, -0.25) is 14.9 Å². The van der Waals surface area contributed by atoms with Crippen LogP contribution in [0, 0.1) is 21.4 Å². The molecular formula is C19H21N3O3S. The maximum absolute atomic E-state index is 12.3. The molecule has 6 nitrogen and oxygen atoms in total. The number of non-ortho nitro benzene ring substituents is 1. The minimum Gasteiger partial charge on any atom is -0.353 e. The summed E-state index contributed by atoms with van der Waals surface area (Å²) in [5.41, 5.74) is 2.12. The fraction of sp³-hybridized carbons (Fsp3) is 0.368. The van der Waals surface area contributed by atoms with Gasteiger partial charge in [-0.2, -0.15) is 5.26 Å². The van der Waals surface area contributed by atoms with Crippen molar-refractivity contribution < 1.29 is 9.72 Å². The van der Waals surface area contributed by atoms with Gasteiger partial charge in [-0.15, -0.1) is 11.8 Å². The minimum atomic E-state index is -0.595. The van der Waals surface area contributed by atoms with Crippen LogP contribution in [0.1, 0.15) is 45.1 Å². The van der Waals surface area contributed by atoms with Crippen molar-refractivity contribution in [2.45, 2.75) is 39.5 Å². The number of carbonyl (C=O) groups excluding carboxylic acids is 1. The number of benzene rings is 1. The maximum atomic E-state index is 12.3. The van der Waals surface area contributed by atoms with Gasteiger partial charge >= 0.3 is 0 Å². The molecule has 0 amide bonds. The van der Waals surface area contributed by atoms with E-state index < -0.39 is 10.8 Å².